The van der Waals surface area contributed by atoms with Crippen molar-refractivity contribution >= 4 is 40.6 Å². The fraction of sp³-hybridized carbons (Fsp3) is 0.500. The predicted octanol–water partition coefficient (Wildman–Crippen LogP) is 1.75. The fourth-order valence-electron chi connectivity index (χ4n) is 1.90. The summed E-state index contributed by atoms with van der Waals surface area (Å²) in [6.45, 7) is 1.58. The van der Waals surface area contributed by atoms with E-state index in [1.165, 1.54) is 9.13 Å². The second kappa shape index (κ2) is 5.42. The molecule has 0 bridgehead atoms. The van der Waals surface area contributed by atoms with Crippen molar-refractivity contribution in [3.63, 3.8) is 0 Å². The second-order valence-electron chi connectivity index (χ2n) is 4.49. The van der Waals surface area contributed by atoms with E-state index < -0.39 is 0 Å². The highest BCUT2D eigenvalue weighted by atomic mass is 32.2. The third-order valence-electron chi connectivity index (χ3n) is 3.01. The molecule has 0 amide bonds. The Hall–Kier alpha value is -1.21. The average molecular weight is 297 g/mol. The van der Waals surface area contributed by atoms with Crippen LogP contribution in [0, 0.1) is 4.64 Å². The monoisotopic (exact) mass is 297 g/mol. The zero-order valence-corrected chi connectivity index (χ0v) is 12.7. The molecule has 1 aromatic heterocycles. The summed E-state index contributed by atoms with van der Waals surface area (Å²) in [5.41, 5.74) is 0.757. The fourth-order valence-corrected chi connectivity index (χ4v) is 3.17. The van der Waals surface area contributed by atoms with Gasteiger partial charge in [-0.3, -0.25) is 13.9 Å². The average Bonchev–Trinajstić information content (AvgIpc) is 2.77. The molecule has 7 heteroatoms. The van der Waals surface area contributed by atoms with Gasteiger partial charge in [0.25, 0.3) is 0 Å². The van der Waals surface area contributed by atoms with E-state index in [2.05, 4.69) is 4.99 Å². The van der Waals surface area contributed by atoms with Crippen molar-refractivity contribution in [3.8, 4) is 0 Å². The largest absolute Gasteiger partial charge is 0.330 e. The molecule has 0 unspecified atom stereocenters. The van der Waals surface area contributed by atoms with E-state index in [0.29, 0.717) is 23.3 Å². The van der Waals surface area contributed by atoms with Crippen LogP contribution in [-0.4, -0.2) is 25.7 Å². The lowest BCUT2D eigenvalue weighted by Crippen LogP contribution is -2.28. The van der Waals surface area contributed by atoms with Gasteiger partial charge in [-0.05, 0) is 6.92 Å². The number of hydrogen-bond acceptors (Lipinski definition) is 5. The molecule has 0 atom stereocenters. The Kier molecular flexibility index (Phi) is 4.05. The van der Waals surface area contributed by atoms with Gasteiger partial charge in [-0.15, -0.1) is 11.8 Å². The van der Waals surface area contributed by atoms with E-state index in [1.54, 1.807) is 32.8 Å². The summed E-state index contributed by atoms with van der Waals surface area (Å²) in [5, 5.41) is 0.920. The second-order valence-corrected chi connectivity index (χ2v) is 6.05. The number of aromatic nitrogens is 2. The summed E-state index contributed by atoms with van der Waals surface area (Å²) in [4.78, 5) is 27.3. The van der Waals surface area contributed by atoms with Crippen molar-refractivity contribution in [3.05, 3.63) is 20.7 Å². The summed E-state index contributed by atoms with van der Waals surface area (Å²) in [5.74, 6) is 1.54. The van der Waals surface area contributed by atoms with Crippen LogP contribution in [0.25, 0.3) is 0 Å². The van der Waals surface area contributed by atoms with Gasteiger partial charge in [0, 0.05) is 38.3 Å². The van der Waals surface area contributed by atoms with E-state index in [9.17, 15) is 9.59 Å². The lowest BCUT2D eigenvalue weighted by atomic mass is 10.2. The van der Waals surface area contributed by atoms with Crippen molar-refractivity contribution in [2.75, 3.05) is 5.75 Å². The van der Waals surface area contributed by atoms with Gasteiger partial charge in [-0.25, -0.2) is 9.79 Å². The molecule has 0 aliphatic carbocycles. The maximum absolute atomic E-state index is 11.9. The van der Waals surface area contributed by atoms with Crippen LogP contribution < -0.4 is 5.69 Å². The Bertz CT molecular complexity index is 685. The molecule has 0 saturated heterocycles. The number of rotatable bonds is 3. The zero-order valence-electron chi connectivity index (χ0n) is 11.1. The normalized spacial score (nSPS) is 13.3. The van der Waals surface area contributed by atoms with Crippen LogP contribution in [0.5, 0.6) is 0 Å². The number of fused-ring (bicyclic) bond motifs is 1. The highest BCUT2D eigenvalue weighted by Crippen LogP contribution is 2.29. The molecule has 1 aromatic rings. The van der Waals surface area contributed by atoms with Crippen molar-refractivity contribution in [1.82, 2.24) is 9.13 Å². The lowest BCUT2D eigenvalue weighted by molar-refractivity contribution is -0.116. The topological polar surface area (TPSA) is 56.4 Å². The summed E-state index contributed by atoms with van der Waals surface area (Å²) in [6.07, 6.45) is 1.19. The van der Waals surface area contributed by atoms with Gasteiger partial charge in [0.15, 0.2) is 0 Å². The Morgan fingerprint density at radius 2 is 2.11 bits per heavy atom. The Balaban J connectivity index is 2.27. The standard InChI is InChI=1S/C12H15N3O2S2/c1-7(16)4-5-19-9-6-8-10(13-9)14(2)12(17)15(3)11(8)18/h4-6H2,1-3H3. The first-order valence-corrected chi connectivity index (χ1v) is 7.30. The molecule has 0 spiro atoms. The minimum absolute atomic E-state index is 0.164. The van der Waals surface area contributed by atoms with Gasteiger partial charge in [0.1, 0.15) is 16.2 Å². The lowest BCUT2D eigenvalue weighted by Gasteiger charge is -2.07. The Morgan fingerprint density at radius 3 is 2.74 bits per heavy atom. The van der Waals surface area contributed by atoms with Gasteiger partial charge in [-0.1, -0.05) is 12.2 Å². The molecular weight excluding hydrogens is 282 g/mol. The molecule has 2 rings (SSSR count). The van der Waals surface area contributed by atoms with E-state index >= 15 is 0 Å². The highest BCUT2D eigenvalue weighted by Gasteiger charge is 2.21. The summed E-state index contributed by atoms with van der Waals surface area (Å²) in [6, 6.07) is 0. The van der Waals surface area contributed by atoms with Crippen LogP contribution in [0.1, 0.15) is 18.9 Å². The van der Waals surface area contributed by atoms with E-state index in [0.717, 1.165) is 16.4 Å². The number of nitrogens with zero attached hydrogens (tertiary/aromatic N) is 3. The number of thioether (sulfide) groups is 1. The maximum atomic E-state index is 11.9. The van der Waals surface area contributed by atoms with Gasteiger partial charge in [0.2, 0.25) is 0 Å². The van der Waals surface area contributed by atoms with Gasteiger partial charge < -0.3 is 0 Å². The minimum atomic E-state index is -0.164. The number of aliphatic imine (C=N–C) groups is 1. The van der Waals surface area contributed by atoms with Crippen molar-refractivity contribution < 1.29 is 4.79 Å². The van der Waals surface area contributed by atoms with Gasteiger partial charge in [-0.2, -0.15) is 0 Å². The van der Waals surface area contributed by atoms with Crippen LogP contribution in [0.2, 0.25) is 0 Å². The summed E-state index contributed by atoms with van der Waals surface area (Å²) >= 11 is 6.84. The molecule has 2 heterocycles. The van der Waals surface area contributed by atoms with Gasteiger partial charge in [0.05, 0.1) is 5.04 Å². The molecule has 102 valence electrons. The van der Waals surface area contributed by atoms with Crippen LogP contribution in [-0.2, 0) is 25.3 Å². The van der Waals surface area contributed by atoms with Crippen LogP contribution >= 0.6 is 24.0 Å². The first-order chi connectivity index (χ1) is 8.91. The van der Waals surface area contributed by atoms with Crippen molar-refractivity contribution in [2.24, 2.45) is 19.1 Å². The molecule has 5 nitrogen and oxygen atoms in total. The molecule has 19 heavy (non-hydrogen) atoms. The quantitative estimate of drug-likeness (QED) is 0.798. The molecule has 0 saturated carbocycles. The molecular formula is C12H15N3O2S2. The third kappa shape index (κ3) is 2.71. The molecule has 0 fully saturated rings. The number of carbonyl (C=O) groups is 1. The van der Waals surface area contributed by atoms with Gasteiger partial charge >= 0.3 is 5.69 Å². The maximum Gasteiger partial charge on any atom is 0.330 e. The van der Waals surface area contributed by atoms with E-state index in [-0.39, 0.29) is 11.5 Å². The molecule has 1 aliphatic heterocycles. The molecule has 0 radical (unpaired) electrons. The number of hydrogen-bond donors (Lipinski definition) is 0. The molecule has 0 aromatic carbocycles. The number of Topliss-reactive ketones (excluding diaryl/α,β-unsaturated/α-hetero) is 1. The van der Waals surface area contributed by atoms with E-state index in [1.807, 2.05) is 0 Å². The summed E-state index contributed by atoms with van der Waals surface area (Å²) < 4.78 is 3.53. The van der Waals surface area contributed by atoms with Crippen LogP contribution in [0.3, 0.4) is 0 Å². The molecule has 0 N–H and O–H groups in total. The SMILES string of the molecule is CC(=O)CCSC1=Nc2c(c(=S)n(C)c(=O)n2C)C1. The number of carbonyl (C=O) groups excluding carboxylic acids is 1. The minimum Gasteiger partial charge on any atom is -0.300 e. The smallest absolute Gasteiger partial charge is 0.300 e. The van der Waals surface area contributed by atoms with Crippen LogP contribution in [0.15, 0.2) is 9.79 Å². The molecule has 1 aliphatic rings. The van der Waals surface area contributed by atoms with Crippen molar-refractivity contribution in [2.45, 2.75) is 19.8 Å². The number of ketones is 1. The first-order valence-electron chi connectivity index (χ1n) is 5.90. The highest BCUT2D eigenvalue weighted by molar-refractivity contribution is 8.14. The first kappa shape index (κ1) is 14.2. The van der Waals surface area contributed by atoms with E-state index in [4.69, 9.17) is 12.2 Å². The van der Waals surface area contributed by atoms with Crippen molar-refractivity contribution in [1.29, 1.82) is 0 Å². The third-order valence-corrected chi connectivity index (χ3v) is 4.50. The zero-order chi connectivity index (χ0) is 14.2. The van der Waals surface area contributed by atoms with Crippen LogP contribution in [0.4, 0.5) is 5.82 Å². The predicted molar refractivity (Wildman–Crippen MR) is 80.0 cm³/mol. The Labute approximate surface area is 120 Å². The Morgan fingerprint density at radius 1 is 1.42 bits per heavy atom. The summed E-state index contributed by atoms with van der Waals surface area (Å²) in [7, 11) is 3.37.